The van der Waals surface area contributed by atoms with E-state index in [0.717, 1.165) is 38.5 Å². The molecule has 0 spiro atoms. The smallest absolute Gasteiger partial charge is 0.156 e. The van der Waals surface area contributed by atoms with Gasteiger partial charge in [0.1, 0.15) is 5.75 Å². The molecule has 1 aliphatic heterocycles. The zero-order chi connectivity index (χ0) is 15.2. The number of para-hydroxylation sites is 1. The van der Waals surface area contributed by atoms with E-state index in [2.05, 4.69) is 21.0 Å². The molecular formula is C15H24N4O2. The molecule has 0 radical (unpaired) electrons. The Labute approximate surface area is 125 Å². The first-order chi connectivity index (χ1) is 10.2. The molecule has 6 nitrogen and oxygen atoms in total. The van der Waals surface area contributed by atoms with Crippen molar-refractivity contribution in [1.29, 1.82) is 0 Å². The fourth-order valence-corrected chi connectivity index (χ4v) is 2.65. The Bertz CT molecular complexity index is 484. The lowest BCUT2D eigenvalue weighted by Crippen LogP contribution is -2.52. The van der Waals surface area contributed by atoms with Crippen LogP contribution in [-0.2, 0) is 6.54 Å². The molecule has 0 aromatic heterocycles. The Kier molecular flexibility index (Phi) is 5.41. The molecule has 0 saturated carbocycles. The molecule has 1 atom stereocenters. The zero-order valence-corrected chi connectivity index (χ0v) is 12.7. The van der Waals surface area contributed by atoms with Crippen molar-refractivity contribution in [1.82, 2.24) is 9.80 Å². The number of nitrogens with zero attached hydrogens (tertiary/aromatic N) is 3. The number of ether oxygens (including phenoxy) is 1. The van der Waals surface area contributed by atoms with Crippen molar-refractivity contribution in [3.05, 3.63) is 29.8 Å². The predicted molar refractivity (Wildman–Crippen MR) is 82.7 cm³/mol. The van der Waals surface area contributed by atoms with Crippen molar-refractivity contribution in [2.75, 3.05) is 33.3 Å². The molecule has 3 N–H and O–H groups in total. The average molecular weight is 292 g/mol. The van der Waals surface area contributed by atoms with E-state index in [1.54, 1.807) is 7.11 Å². The summed E-state index contributed by atoms with van der Waals surface area (Å²) in [5.74, 6) is 1.21. The summed E-state index contributed by atoms with van der Waals surface area (Å²) >= 11 is 0. The number of benzene rings is 1. The van der Waals surface area contributed by atoms with Gasteiger partial charge in [0, 0.05) is 38.3 Å². The van der Waals surface area contributed by atoms with Crippen LogP contribution in [0.2, 0.25) is 0 Å². The number of oxime groups is 1. The fourth-order valence-electron chi connectivity index (χ4n) is 2.65. The lowest BCUT2D eigenvalue weighted by molar-refractivity contribution is 0.115. The van der Waals surface area contributed by atoms with E-state index in [1.807, 2.05) is 25.1 Å². The van der Waals surface area contributed by atoms with Gasteiger partial charge >= 0.3 is 0 Å². The lowest BCUT2D eigenvalue weighted by Gasteiger charge is -2.37. The van der Waals surface area contributed by atoms with Crippen LogP contribution in [0.4, 0.5) is 0 Å². The highest BCUT2D eigenvalue weighted by atomic mass is 16.5. The van der Waals surface area contributed by atoms with Gasteiger partial charge < -0.3 is 15.7 Å². The van der Waals surface area contributed by atoms with Crippen molar-refractivity contribution in [3.8, 4) is 5.75 Å². The first kappa shape index (κ1) is 15.6. The normalized spacial score (nSPS) is 19.4. The zero-order valence-electron chi connectivity index (χ0n) is 12.7. The average Bonchev–Trinajstić information content (AvgIpc) is 2.54. The molecule has 21 heavy (non-hydrogen) atoms. The molecule has 1 aromatic carbocycles. The second kappa shape index (κ2) is 7.28. The molecular weight excluding hydrogens is 268 g/mol. The van der Waals surface area contributed by atoms with Gasteiger partial charge in [-0.15, -0.1) is 0 Å². The highest BCUT2D eigenvalue weighted by Gasteiger charge is 2.23. The summed E-state index contributed by atoms with van der Waals surface area (Å²) in [6, 6.07) is 8.09. The van der Waals surface area contributed by atoms with Crippen LogP contribution >= 0.6 is 0 Å². The molecule has 1 heterocycles. The fraction of sp³-hybridized carbons (Fsp3) is 0.533. The largest absolute Gasteiger partial charge is 0.496 e. The summed E-state index contributed by atoms with van der Waals surface area (Å²) in [7, 11) is 1.70. The molecule has 2 rings (SSSR count). The lowest BCUT2D eigenvalue weighted by atomic mass is 10.1. The van der Waals surface area contributed by atoms with Gasteiger partial charge in [-0.05, 0) is 13.0 Å². The van der Waals surface area contributed by atoms with Crippen LogP contribution in [0.3, 0.4) is 0 Å². The number of methoxy groups -OCH3 is 1. The van der Waals surface area contributed by atoms with Crippen molar-refractivity contribution in [3.63, 3.8) is 0 Å². The summed E-state index contributed by atoms with van der Waals surface area (Å²) in [4.78, 5) is 4.63. The molecule has 1 aromatic rings. The van der Waals surface area contributed by atoms with Gasteiger partial charge in [0.05, 0.1) is 13.2 Å². The van der Waals surface area contributed by atoms with Gasteiger partial charge in [0.2, 0.25) is 0 Å². The first-order valence-electron chi connectivity index (χ1n) is 7.21. The molecule has 6 heteroatoms. The molecule has 0 amide bonds. The van der Waals surface area contributed by atoms with E-state index in [4.69, 9.17) is 15.7 Å². The maximum Gasteiger partial charge on any atom is 0.156 e. The number of hydrogen-bond acceptors (Lipinski definition) is 5. The number of amidine groups is 1. The van der Waals surface area contributed by atoms with Crippen LogP contribution in [0, 0.1) is 0 Å². The summed E-state index contributed by atoms with van der Waals surface area (Å²) < 4.78 is 5.40. The molecule has 1 fully saturated rings. The van der Waals surface area contributed by atoms with E-state index in [0.29, 0.717) is 0 Å². The van der Waals surface area contributed by atoms with Gasteiger partial charge in [0.15, 0.2) is 5.84 Å². The summed E-state index contributed by atoms with van der Waals surface area (Å²) in [6.45, 7) is 6.59. The van der Waals surface area contributed by atoms with Crippen LogP contribution < -0.4 is 10.5 Å². The van der Waals surface area contributed by atoms with Gasteiger partial charge in [0.25, 0.3) is 0 Å². The van der Waals surface area contributed by atoms with Gasteiger partial charge in [-0.25, -0.2) is 0 Å². The number of rotatable bonds is 5. The van der Waals surface area contributed by atoms with E-state index in [1.165, 1.54) is 5.56 Å². The third-order valence-electron chi connectivity index (χ3n) is 4.08. The van der Waals surface area contributed by atoms with Crippen molar-refractivity contribution in [2.24, 2.45) is 10.9 Å². The number of piperazine rings is 1. The molecule has 1 unspecified atom stereocenters. The second-order valence-electron chi connectivity index (χ2n) is 5.32. The predicted octanol–water partition coefficient (Wildman–Crippen LogP) is 0.948. The highest BCUT2D eigenvalue weighted by molar-refractivity contribution is 5.84. The van der Waals surface area contributed by atoms with Crippen LogP contribution in [0.1, 0.15) is 12.5 Å². The van der Waals surface area contributed by atoms with E-state index in [9.17, 15) is 0 Å². The van der Waals surface area contributed by atoms with Crippen LogP contribution in [0.5, 0.6) is 5.75 Å². The third kappa shape index (κ3) is 3.86. The Morgan fingerprint density at radius 1 is 1.33 bits per heavy atom. The second-order valence-corrected chi connectivity index (χ2v) is 5.32. The maximum atomic E-state index is 8.75. The Morgan fingerprint density at radius 3 is 2.62 bits per heavy atom. The molecule has 0 bridgehead atoms. The Balaban J connectivity index is 1.90. The van der Waals surface area contributed by atoms with Crippen LogP contribution in [0.15, 0.2) is 29.4 Å². The minimum absolute atomic E-state index is 0.0246. The molecule has 1 aliphatic rings. The van der Waals surface area contributed by atoms with E-state index >= 15 is 0 Å². The third-order valence-corrected chi connectivity index (χ3v) is 4.08. The maximum absolute atomic E-state index is 8.75. The van der Waals surface area contributed by atoms with Crippen molar-refractivity contribution < 1.29 is 9.94 Å². The quantitative estimate of drug-likeness (QED) is 0.366. The Morgan fingerprint density at radius 2 is 2.00 bits per heavy atom. The van der Waals surface area contributed by atoms with Gasteiger partial charge in [-0.1, -0.05) is 23.4 Å². The summed E-state index contributed by atoms with van der Waals surface area (Å²) in [5.41, 5.74) is 6.88. The van der Waals surface area contributed by atoms with Crippen LogP contribution in [-0.4, -0.2) is 60.2 Å². The van der Waals surface area contributed by atoms with Gasteiger partial charge in [-0.2, -0.15) is 0 Å². The Hall–Kier alpha value is -1.79. The topological polar surface area (TPSA) is 74.3 Å². The molecule has 1 saturated heterocycles. The van der Waals surface area contributed by atoms with E-state index in [-0.39, 0.29) is 11.9 Å². The number of nitrogens with two attached hydrogens (primary N) is 1. The minimum Gasteiger partial charge on any atom is -0.496 e. The SMILES string of the molecule is COc1ccccc1CN1CCN(C(C)C(N)=NO)CC1. The summed E-state index contributed by atoms with van der Waals surface area (Å²) in [5, 5.41) is 11.8. The minimum atomic E-state index is -0.0246. The standard InChI is InChI=1S/C15H24N4O2/c1-12(15(16)17-20)19-9-7-18(8-10-19)11-13-5-3-4-6-14(13)21-2/h3-6,12,20H,7-11H2,1-2H3,(H2,16,17). The first-order valence-corrected chi connectivity index (χ1v) is 7.21. The van der Waals surface area contributed by atoms with Crippen molar-refractivity contribution >= 4 is 5.84 Å². The van der Waals surface area contributed by atoms with Gasteiger partial charge in [-0.3, -0.25) is 9.80 Å². The monoisotopic (exact) mass is 292 g/mol. The van der Waals surface area contributed by atoms with E-state index < -0.39 is 0 Å². The highest BCUT2D eigenvalue weighted by Crippen LogP contribution is 2.20. The molecule has 0 aliphatic carbocycles. The molecule has 116 valence electrons. The number of hydrogen-bond donors (Lipinski definition) is 2. The van der Waals surface area contributed by atoms with Crippen LogP contribution in [0.25, 0.3) is 0 Å². The summed E-state index contributed by atoms with van der Waals surface area (Å²) in [6.07, 6.45) is 0. The van der Waals surface area contributed by atoms with Crippen molar-refractivity contribution in [2.45, 2.75) is 19.5 Å².